The molecular formula is C19H33I2N3OS2Si. The summed E-state index contributed by atoms with van der Waals surface area (Å²) in [6, 6.07) is 0.406. The Hall–Kier alpha value is 1.22. The molecule has 2 rings (SSSR count). The van der Waals surface area contributed by atoms with Crippen molar-refractivity contribution in [2.45, 2.75) is 72.6 Å². The van der Waals surface area contributed by atoms with E-state index in [1.54, 1.807) is 11.8 Å². The molecule has 9 heteroatoms. The highest BCUT2D eigenvalue weighted by Gasteiger charge is 2.44. The number of rotatable bonds is 7. The predicted molar refractivity (Wildman–Crippen MR) is 145 cm³/mol. The van der Waals surface area contributed by atoms with Crippen LogP contribution in [0, 0.1) is 16.4 Å². The second kappa shape index (κ2) is 10.2. The van der Waals surface area contributed by atoms with Crippen LogP contribution in [0.1, 0.15) is 32.9 Å². The Morgan fingerprint density at radius 2 is 1.89 bits per heavy atom. The van der Waals surface area contributed by atoms with Gasteiger partial charge in [0.15, 0.2) is 13.5 Å². The number of hydrogen-bond acceptors (Lipinski definition) is 6. The van der Waals surface area contributed by atoms with Crippen LogP contribution in [0.4, 0.5) is 5.82 Å². The lowest BCUT2D eigenvalue weighted by Crippen LogP contribution is -2.42. The number of halogens is 2. The van der Waals surface area contributed by atoms with Crippen molar-refractivity contribution < 1.29 is 4.43 Å². The highest BCUT2D eigenvalue weighted by Crippen LogP contribution is 2.43. The van der Waals surface area contributed by atoms with E-state index in [1.807, 2.05) is 18.0 Å². The lowest BCUT2D eigenvalue weighted by molar-refractivity contribution is 0.233. The summed E-state index contributed by atoms with van der Waals surface area (Å²) in [4.78, 5) is 9.30. The molecule has 1 heterocycles. The molecule has 28 heavy (non-hydrogen) atoms. The van der Waals surface area contributed by atoms with Crippen molar-refractivity contribution in [3.05, 3.63) is 9.26 Å². The van der Waals surface area contributed by atoms with E-state index < -0.39 is 8.32 Å². The molecule has 1 aromatic heterocycles. The van der Waals surface area contributed by atoms with Crippen LogP contribution in [0.2, 0.25) is 18.1 Å². The Kier molecular flexibility index (Phi) is 9.30. The van der Waals surface area contributed by atoms with Gasteiger partial charge in [0.2, 0.25) is 0 Å². The zero-order valence-corrected chi connectivity index (χ0v) is 25.0. The fourth-order valence-electron chi connectivity index (χ4n) is 3.13. The number of nitrogens with zero attached hydrogens (tertiary/aromatic N) is 2. The fourth-order valence-corrected chi connectivity index (χ4v) is 7.97. The molecule has 4 nitrogen and oxygen atoms in total. The normalized spacial score (nSPS) is 25.9. The zero-order chi connectivity index (χ0) is 21.3. The molecule has 1 aliphatic carbocycles. The number of alkyl halides is 1. The van der Waals surface area contributed by atoms with E-state index in [0.717, 1.165) is 33.3 Å². The van der Waals surface area contributed by atoms with Crippen LogP contribution < -0.4 is 5.32 Å². The molecule has 4 atom stereocenters. The maximum Gasteiger partial charge on any atom is 0.191 e. The van der Waals surface area contributed by atoms with Gasteiger partial charge in [0.25, 0.3) is 0 Å². The van der Waals surface area contributed by atoms with Crippen LogP contribution in [0.15, 0.2) is 5.16 Å². The second-order valence-corrected chi connectivity index (χ2v) is 18.0. The van der Waals surface area contributed by atoms with Gasteiger partial charge in [-0.25, -0.2) is 9.97 Å². The molecule has 160 valence electrons. The van der Waals surface area contributed by atoms with Gasteiger partial charge in [0.05, 0.1) is 9.26 Å². The molecule has 0 bridgehead atoms. The molecular weight excluding hydrogens is 632 g/mol. The first-order valence-electron chi connectivity index (χ1n) is 9.56. The first-order valence-corrected chi connectivity index (χ1v) is 17.3. The summed E-state index contributed by atoms with van der Waals surface area (Å²) in [7, 11) is -1.72. The van der Waals surface area contributed by atoms with Crippen molar-refractivity contribution in [1.82, 2.24) is 9.97 Å². The molecule has 0 aromatic carbocycles. The van der Waals surface area contributed by atoms with Gasteiger partial charge in [0, 0.05) is 21.8 Å². The van der Waals surface area contributed by atoms with Gasteiger partial charge in [-0.1, -0.05) is 55.1 Å². The third kappa shape index (κ3) is 5.92. The quantitative estimate of drug-likeness (QED) is 0.119. The van der Waals surface area contributed by atoms with Gasteiger partial charge >= 0.3 is 0 Å². The molecule has 1 aliphatic rings. The molecule has 0 aliphatic heterocycles. The molecule has 0 amide bonds. The zero-order valence-electron chi connectivity index (χ0n) is 18.1. The monoisotopic (exact) mass is 665 g/mol. The number of thioether (sulfide) groups is 2. The first kappa shape index (κ1) is 25.5. The van der Waals surface area contributed by atoms with E-state index in [9.17, 15) is 0 Å². The summed E-state index contributed by atoms with van der Waals surface area (Å²) in [6.07, 6.45) is 5.39. The molecule has 2 unspecified atom stereocenters. The first-order chi connectivity index (χ1) is 12.9. The van der Waals surface area contributed by atoms with E-state index >= 15 is 0 Å². The summed E-state index contributed by atoms with van der Waals surface area (Å²) in [5.41, 5.74) is 1.05. The van der Waals surface area contributed by atoms with Crippen LogP contribution >= 0.6 is 68.7 Å². The van der Waals surface area contributed by atoms with Crippen LogP contribution in [0.25, 0.3) is 0 Å². The standard InChI is InChI=1S/C19H33I2N3OS2Si/c1-11-14(20)17(24-18(22-11)27-6)23-13-9-12(16(26-5)15(13)21)10-25-28(7,8)19(2,3)4/h12-13,15-16H,9-10H2,1-8H3,(H,22,23,24)/t12?,13-,15?,16+/m1/s1. The van der Waals surface area contributed by atoms with Crippen LogP contribution in [-0.2, 0) is 4.43 Å². The largest absolute Gasteiger partial charge is 0.417 e. The number of nitrogens with one attached hydrogen (secondary N) is 1. The summed E-state index contributed by atoms with van der Waals surface area (Å²) in [5, 5.41) is 5.45. The molecule has 0 spiro atoms. The fraction of sp³-hybridized carbons (Fsp3) is 0.789. The smallest absolute Gasteiger partial charge is 0.191 e. The maximum atomic E-state index is 6.60. The van der Waals surface area contributed by atoms with Crippen LogP contribution in [-0.4, -0.2) is 52.6 Å². The number of aryl methyl sites for hydroxylation is 1. The van der Waals surface area contributed by atoms with Gasteiger partial charge in [-0.2, -0.15) is 11.8 Å². The van der Waals surface area contributed by atoms with Crippen molar-refractivity contribution in [3.8, 4) is 0 Å². The van der Waals surface area contributed by atoms with Crippen molar-refractivity contribution in [2.75, 3.05) is 24.4 Å². The average Bonchev–Trinajstić information content (AvgIpc) is 2.90. The SMILES string of the molecule is CSc1nc(C)c(I)c(N[C@@H]2CC(CO[Si](C)(C)C(C)(C)C)[C@H](SC)C2I)n1. The third-order valence-electron chi connectivity index (χ3n) is 5.96. The number of anilines is 1. The summed E-state index contributed by atoms with van der Waals surface area (Å²) in [6.45, 7) is 14.6. The molecule has 1 N–H and O–H groups in total. The van der Waals surface area contributed by atoms with Crippen molar-refractivity contribution in [3.63, 3.8) is 0 Å². The lowest BCUT2D eigenvalue weighted by atomic mass is 10.1. The van der Waals surface area contributed by atoms with Crippen molar-refractivity contribution >= 4 is 82.8 Å². The molecule has 1 saturated carbocycles. The van der Waals surface area contributed by atoms with E-state index in [2.05, 4.69) is 103 Å². The minimum absolute atomic E-state index is 0.255. The van der Waals surface area contributed by atoms with E-state index in [1.165, 1.54) is 0 Å². The topological polar surface area (TPSA) is 47.0 Å². The van der Waals surface area contributed by atoms with Gasteiger partial charge in [0.1, 0.15) is 5.82 Å². The summed E-state index contributed by atoms with van der Waals surface area (Å²) >= 11 is 8.58. The van der Waals surface area contributed by atoms with Gasteiger partial charge in [-0.15, -0.1) is 0 Å². The predicted octanol–water partition coefficient (Wildman–Crippen LogP) is 6.47. The van der Waals surface area contributed by atoms with Gasteiger partial charge < -0.3 is 9.74 Å². The summed E-state index contributed by atoms with van der Waals surface area (Å²) < 4.78 is 8.27. The Morgan fingerprint density at radius 1 is 1.25 bits per heavy atom. The Labute approximate surface area is 207 Å². The maximum absolute atomic E-state index is 6.60. The molecule has 0 radical (unpaired) electrons. The molecule has 1 fully saturated rings. The Balaban J connectivity index is 2.13. The minimum atomic E-state index is -1.72. The third-order valence-corrected chi connectivity index (χ3v) is 15.7. The van der Waals surface area contributed by atoms with Crippen molar-refractivity contribution in [1.29, 1.82) is 0 Å². The Morgan fingerprint density at radius 3 is 2.43 bits per heavy atom. The number of aromatic nitrogens is 2. The van der Waals surface area contributed by atoms with E-state index in [4.69, 9.17) is 9.41 Å². The minimum Gasteiger partial charge on any atom is -0.417 e. The van der Waals surface area contributed by atoms with Gasteiger partial charge in [-0.3, -0.25) is 0 Å². The number of hydrogen-bond donors (Lipinski definition) is 1. The highest BCUT2D eigenvalue weighted by molar-refractivity contribution is 14.1. The lowest BCUT2D eigenvalue weighted by Gasteiger charge is -2.37. The van der Waals surface area contributed by atoms with Crippen LogP contribution in [0.3, 0.4) is 0 Å². The second-order valence-electron chi connectivity index (χ2n) is 8.92. The Bertz CT molecular complexity index is 688. The van der Waals surface area contributed by atoms with E-state index in [-0.39, 0.29) is 5.04 Å². The highest BCUT2D eigenvalue weighted by atomic mass is 127. The average molecular weight is 666 g/mol. The van der Waals surface area contributed by atoms with Gasteiger partial charge in [-0.05, 0) is 72.5 Å². The van der Waals surface area contributed by atoms with Crippen molar-refractivity contribution in [2.24, 2.45) is 5.92 Å². The molecule has 0 saturated heterocycles. The summed E-state index contributed by atoms with van der Waals surface area (Å²) in [5.74, 6) is 1.55. The van der Waals surface area contributed by atoms with E-state index in [0.29, 0.717) is 21.1 Å². The van der Waals surface area contributed by atoms with Crippen LogP contribution in [0.5, 0.6) is 0 Å². The molecule has 1 aromatic rings.